The van der Waals surface area contributed by atoms with E-state index in [4.69, 9.17) is 11.6 Å². The van der Waals surface area contributed by atoms with Crippen LogP contribution in [0.15, 0.2) is 30.9 Å². The van der Waals surface area contributed by atoms with E-state index in [2.05, 4.69) is 19.9 Å². The lowest BCUT2D eigenvalue weighted by molar-refractivity contribution is 0.145. The first-order chi connectivity index (χ1) is 9.15. The molecular formula is C11H6ClF2N5. The van der Waals surface area contributed by atoms with Crippen molar-refractivity contribution in [2.75, 3.05) is 0 Å². The first-order valence-corrected chi connectivity index (χ1v) is 5.63. The Hall–Kier alpha value is -2.15. The Labute approximate surface area is 110 Å². The number of nitrogens with zero attached hydrogens (tertiary/aromatic N) is 5. The van der Waals surface area contributed by atoms with Crippen LogP contribution in [0.4, 0.5) is 8.78 Å². The summed E-state index contributed by atoms with van der Waals surface area (Å²) in [6, 6.07) is 1.62. The number of hydrogen-bond donors (Lipinski definition) is 0. The number of alkyl halides is 2. The van der Waals surface area contributed by atoms with E-state index < -0.39 is 6.43 Å². The summed E-state index contributed by atoms with van der Waals surface area (Å²) in [6.07, 6.45) is 2.88. The van der Waals surface area contributed by atoms with Crippen LogP contribution in [0.25, 0.3) is 17.0 Å². The molecule has 19 heavy (non-hydrogen) atoms. The van der Waals surface area contributed by atoms with Gasteiger partial charge in [-0.25, -0.2) is 28.7 Å². The fraction of sp³-hybridized carbons (Fsp3) is 0.0909. The van der Waals surface area contributed by atoms with Gasteiger partial charge in [0.1, 0.15) is 5.69 Å². The van der Waals surface area contributed by atoms with E-state index in [1.54, 1.807) is 6.07 Å². The summed E-state index contributed by atoms with van der Waals surface area (Å²) < 4.78 is 26.8. The molecule has 0 N–H and O–H groups in total. The van der Waals surface area contributed by atoms with Crippen LogP contribution in [0.5, 0.6) is 0 Å². The zero-order valence-electron chi connectivity index (χ0n) is 9.33. The Kier molecular flexibility index (Phi) is 2.83. The van der Waals surface area contributed by atoms with Crippen LogP contribution >= 0.6 is 11.6 Å². The Bertz CT molecular complexity index is 743. The zero-order chi connectivity index (χ0) is 13.4. The van der Waals surface area contributed by atoms with E-state index in [0.717, 1.165) is 0 Å². The number of imidazole rings is 1. The number of hydrogen-bond acceptors (Lipinski definition) is 4. The topological polar surface area (TPSA) is 56.0 Å². The lowest BCUT2D eigenvalue weighted by Crippen LogP contribution is -1.97. The molecule has 0 amide bonds. The highest BCUT2D eigenvalue weighted by Gasteiger charge is 2.13. The molecule has 3 aromatic heterocycles. The summed E-state index contributed by atoms with van der Waals surface area (Å²) in [5.74, 6) is 0. The minimum atomic E-state index is -2.64. The third kappa shape index (κ3) is 2.12. The van der Waals surface area contributed by atoms with Crippen molar-refractivity contribution >= 4 is 17.2 Å². The van der Waals surface area contributed by atoms with Crippen LogP contribution in [0.1, 0.15) is 12.1 Å². The molecule has 0 saturated carbocycles. The van der Waals surface area contributed by atoms with Crippen LogP contribution in [-0.2, 0) is 0 Å². The maximum atomic E-state index is 12.7. The van der Waals surface area contributed by atoms with Crippen molar-refractivity contribution < 1.29 is 8.78 Å². The summed E-state index contributed by atoms with van der Waals surface area (Å²) in [5, 5.41) is 0.0792. The van der Waals surface area contributed by atoms with E-state index in [-0.39, 0.29) is 11.0 Å². The Morgan fingerprint density at radius 1 is 1.16 bits per heavy atom. The number of aromatic nitrogens is 5. The van der Waals surface area contributed by atoms with Gasteiger partial charge >= 0.3 is 0 Å². The molecule has 3 rings (SSSR count). The van der Waals surface area contributed by atoms with Crippen molar-refractivity contribution in [1.29, 1.82) is 0 Å². The molecule has 0 aromatic carbocycles. The quantitative estimate of drug-likeness (QED) is 0.678. The normalized spacial score (nSPS) is 11.4. The van der Waals surface area contributed by atoms with Crippen molar-refractivity contribution in [1.82, 2.24) is 24.3 Å². The fourth-order valence-corrected chi connectivity index (χ4v) is 1.83. The highest BCUT2D eigenvalue weighted by atomic mass is 35.5. The summed E-state index contributed by atoms with van der Waals surface area (Å²) in [4.78, 5) is 15.5. The monoisotopic (exact) mass is 281 g/mol. The van der Waals surface area contributed by atoms with Gasteiger partial charge in [-0.1, -0.05) is 0 Å². The minimum absolute atomic E-state index is 0.0792. The van der Waals surface area contributed by atoms with Crippen molar-refractivity contribution in [3.8, 4) is 11.4 Å². The first-order valence-electron chi connectivity index (χ1n) is 5.25. The zero-order valence-corrected chi connectivity index (χ0v) is 10.1. The van der Waals surface area contributed by atoms with Crippen molar-refractivity contribution in [2.24, 2.45) is 0 Å². The molecule has 0 aliphatic rings. The molecule has 0 bridgehead atoms. The van der Waals surface area contributed by atoms with Gasteiger partial charge in [0, 0.05) is 12.4 Å². The van der Waals surface area contributed by atoms with E-state index in [1.165, 1.54) is 29.2 Å². The Balaban J connectivity index is 2.21. The van der Waals surface area contributed by atoms with Gasteiger partial charge in [0.25, 0.3) is 6.43 Å². The SMILES string of the molecule is FC(F)c1cn2c(-c3ccnc(Cl)n3)cnc2cn1. The van der Waals surface area contributed by atoms with Crippen LogP contribution in [-0.4, -0.2) is 24.3 Å². The van der Waals surface area contributed by atoms with Crippen LogP contribution in [0.2, 0.25) is 5.28 Å². The number of fused-ring (bicyclic) bond motifs is 1. The van der Waals surface area contributed by atoms with Gasteiger partial charge in [0.15, 0.2) is 5.65 Å². The van der Waals surface area contributed by atoms with Crippen molar-refractivity contribution in [2.45, 2.75) is 6.43 Å². The Morgan fingerprint density at radius 2 is 2.00 bits per heavy atom. The van der Waals surface area contributed by atoms with Gasteiger partial charge < -0.3 is 0 Å². The smallest absolute Gasteiger partial charge is 0.281 e. The lowest BCUT2D eigenvalue weighted by Gasteiger charge is -2.03. The second-order valence-electron chi connectivity index (χ2n) is 3.70. The number of halogens is 3. The standard InChI is InChI=1S/C11H6ClF2N5/c12-11-15-2-1-6(18-11)8-3-17-9-4-16-7(10(13)14)5-19(8)9/h1-5,10H. The molecule has 0 unspecified atom stereocenters. The predicted molar refractivity (Wildman–Crippen MR) is 64.0 cm³/mol. The molecule has 8 heteroatoms. The lowest BCUT2D eigenvalue weighted by atomic mass is 10.3. The van der Waals surface area contributed by atoms with Gasteiger partial charge in [-0.2, -0.15) is 0 Å². The van der Waals surface area contributed by atoms with E-state index in [9.17, 15) is 8.78 Å². The van der Waals surface area contributed by atoms with Crippen molar-refractivity contribution in [3.63, 3.8) is 0 Å². The average Bonchev–Trinajstić information content (AvgIpc) is 2.81. The first kappa shape index (κ1) is 11.9. The molecule has 0 atom stereocenters. The summed E-state index contributed by atoms with van der Waals surface area (Å²) in [7, 11) is 0. The van der Waals surface area contributed by atoms with E-state index >= 15 is 0 Å². The second kappa shape index (κ2) is 4.51. The molecule has 5 nitrogen and oxygen atoms in total. The molecular weight excluding hydrogens is 276 g/mol. The molecule has 0 spiro atoms. The maximum Gasteiger partial charge on any atom is 0.281 e. The van der Waals surface area contributed by atoms with Gasteiger partial charge in [0.05, 0.1) is 23.8 Å². The summed E-state index contributed by atoms with van der Waals surface area (Å²) >= 11 is 5.71. The average molecular weight is 282 g/mol. The Morgan fingerprint density at radius 3 is 2.74 bits per heavy atom. The molecule has 3 aromatic rings. The van der Waals surface area contributed by atoms with Crippen LogP contribution < -0.4 is 0 Å². The van der Waals surface area contributed by atoms with Gasteiger partial charge in [-0.15, -0.1) is 0 Å². The largest absolute Gasteiger partial charge is 0.295 e. The minimum Gasteiger partial charge on any atom is -0.295 e. The van der Waals surface area contributed by atoms with Crippen molar-refractivity contribution in [3.05, 3.63) is 41.8 Å². The summed E-state index contributed by atoms with van der Waals surface area (Å²) in [6.45, 7) is 0. The van der Waals surface area contributed by atoms with Gasteiger partial charge in [-0.05, 0) is 17.7 Å². The molecule has 0 aliphatic heterocycles. The highest BCUT2D eigenvalue weighted by Crippen LogP contribution is 2.22. The van der Waals surface area contributed by atoms with Gasteiger partial charge in [-0.3, -0.25) is 4.40 Å². The van der Waals surface area contributed by atoms with E-state index in [0.29, 0.717) is 17.0 Å². The van der Waals surface area contributed by atoms with Gasteiger partial charge in [0.2, 0.25) is 5.28 Å². The van der Waals surface area contributed by atoms with E-state index in [1.807, 2.05) is 0 Å². The molecule has 0 aliphatic carbocycles. The highest BCUT2D eigenvalue weighted by molar-refractivity contribution is 6.28. The number of rotatable bonds is 2. The molecule has 0 saturated heterocycles. The van der Waals surface area contributed by atoms with Crippen LogP contribution in [0.3, 0.4) is 0 Å². The summed E-state index contributed by atoms with van der Waals surface area (Å²) in [5.41, 5.74) is 1.17. The third-order valence-electron chi connectivity index (χ3n) is 2.53. The predicted octanol–water partition coefficient (Wildman–Crippen LogP) is 2.78. The molecule has 96 valence electrons. The third-order valence-corrected chi connectivity index (χ3v) is 2.71. The molecule has 0 radical (unpaired) electrons. The molecule has 3 heterocycles. The molecule has 0 fully saturated rings. The second-order valence-corrected chi connectivity index (χ2v) is 4.03. The fourth-order valence-electron chi connectivity index (χ4n) is 1.68. The van der Waals surface area contributed by atoms with Crippen LogP contribution in [0, 0.1) is 0 Å². The maximum absolute atomic E-state index is 12.7.